The van der Waals surface area contributed by atoms with Crippen molar-refractivity contribution < 1.29 is 4.74 Å². The molecule has 1 saturated carbocycles. The second-order valence-electron chi connectivity index (χ2n) is 5.07. The van der Waals surface area contributed by atoms with Crippen LogP contribution in [0.5, 0.6) is 5.75 Å². The van der Waals surface area contributed by atoms with Crippen molar-refractivity contribution in [3.63, 3.8) is 0 Å². The molecule has 19 heavy (non-hydrogen) atoms. The molecule has 1 aliphatic carbocycles. The smallest absolute Gasteiger partial charge is 0.137 e. The van der Waals surface area contributed by atoms with Crippen molar-refractivity contribution in [1.29, 1.82) is 0 Å². The molecule has 0 unspecified atom stereocenters. The Balaban J connectivity index is 1.56. The molecular weight excluding hydrogens is 281 g/mol. The Labute approximate surface area is 125 Å². The zero-order valence-corrected chi connectivity index (χ0v) is 12.6. The summed E-state index contributed by atoms with van der Waals surface area (Å²) in [6.45, 7) is 1.79. The first-order valence-electron chi connectivity index (χ1n) is 7.07. The molecule has 0 aromatic heterocycles. The molecule has 106 valence electrons. The van der Waals surface area contributed by atoms with Gasteiger partial charge in [-0.15, -0.1) is 0 Å². The summed E-state index contributed by atoms with van der Waals surface area (Å²) in [4.78, 5) is 0. The van der Waals surface area contributed by atoms with E-state index in [9.17, 15) is 0 Å². The van der Waals surface area contributed by atoms with Gasteiger partial charge >= 0.3 is 0 Å². The van der Waals surface area contributed by atoms with Gasteiger partial charge < -0.3 is 10.1 Å². The second kappa shape index (κ2) is 7.98. The molecule has 0 radical (unpaired) electrons. The van der Waals surface area contributed by atoms with Gasteiger partial charge in [-0.25, -0.2) is 0 Å². The number of hydrogen-bond acceptors (Lipinski definition) is 2. The van der Waals surface area contributed by atoms with E-state index in [0.29, 0.717) is 16.7 Å². The summed E-state index contributed by atoms with van der Waals surface area (Å²) in [6, 6.07) is 6.08. The average molecular weight is 302 g/mol. The van der Waals surface area contributed by atoms with E-state index in [1.807, 2.05) is 6.07 Å². The SMILES string of the molecule is Clc1ccc(OCCCCNC2CCCC2)c(Cl)c1. The van der Waals surface area contributed by atoms with Crippen LogP contribution in [0.3, 0.4) is 0 Å². The highest BCUT2D eigenvalue weighted by Crippen LogP contribution is 2.27. The summed E-state index contributed by atoms with van der Waals surface area (Å²) < 4.78 is 5.65. The summed E-state index contributed by atoms with van der Waals surface area (Å²) in [7, 11) is 0. The largest absolute Gasteiger partial charge is 0.492 e. The lowest BCUT2D eigenvalue weighted by molar-refractivity contribution is 0.304. The van der Waals surface area contributed by atoms with E-state index in [1.165, 1.54) is 25.7 Å². The van der Waals surface area contributed by atoms with Crippen LogP contribution in [0.4, 0.5) is 0 Å². The second-order valence-corrected chi connectivity index (χ2v) is 5.91. The molecule has 0 heterocycles. The molecule has 0 atom stereocenters. The van der Waals surface area contributed by atoms with Crippen LogP contribution in [0.15, 0.2) is 18.2 Å². The van der Waals surface area contributed by atoms with Crippen molar-refractivity contribution in [3.05, 3.63) is 28.2 Å². The van der Waals surface area contributed by atoms with Gasteiger partial charge in [0.2, 0.25) is 0 Å². The van der Waals surface area contributed by atoms with Crippen LogP contribution >= 0.6 is 23.2 Å². The van der Waals surface area contributed by atoms with Gasteiger partial charge in [-0.3, -0.25) is 0 Å². The van der Waals surface area contributed by atoms with Crippen LogP contribution in [-0.2, 0) is 0 Å². The van der Waals surface area contributed by atoms with Gasteiger partial charge in [-0.2, -0.15) is 0 Å². The Morgan fingerprint density at radius 2 is 1.95 bits per heavy atom. The maximum atomic E-state index is 6.03. The standard InChI is InChI=1S/C15H21Cl2NO/c16-12-7-8-15(14(17)11-12)19-10-4-3-9-18-13-5-1-2-6-13/h7-8,11,13,18H,1-6,9-10H2. The van der Waals surface area contributed by atoms with Crippen LogP contribution in [0, 0.1) is 0 Å². The van der Waals surface area contributed by atoms with E-state index >= 15 is 0 Å². The number of ether oxygens (including phenoxy) is 1. The normalized spacial score (nSPS) is 15.9. The molecule has 1 N–H and O–H groups in total. The number of unbranched alkanes of at least 4 members (excludes halogenated alkanes) is 1. The summed E-state index contributed by atoms with van der Waals surface area (Å²) >= 11 is 11.9. The van der Waals surface area contributed by atoms with Gasteiger partial charge in [0.15, 0.2) is 0 Å². The van der Waals surface area contributed by atoms with Crippen LogP contribution in [0.1, 0.15) is 38.5 Å². The third kappa shape index (κ3) is 5.21. The minimum absolute atomic E-state index is 0.580. The molecule has 4 heteroatoms. The third-order valence-electron chi connectivity index (χ3n) is 3.51. The monoisotopic (exact) mass is 301 g/mol. The molecule has 0 amide bonds. The van der Waals surface area contributed by atoms with Crippen LogP contribution in [0.2, 0.25) is 10.0 Å². The lowest BCUT2D eigenvalue weighted by atomic mass is 10.2. The fourth-order valence-corrected chi connectivity index (χ4v) is 2.90. The predicted octanol–water partition coefficient (Wildman–Crippen LogP) is 4.68. The Hall–Kier alpha value is -0.440. The Morgan fingerprint density at radius 1 is 1.16 bits per heavy atom. The average Bonchev–Trinajstić information content (AvgIpc) is 2.89. The van der Waals surface area contributed by atoms with Gasteiger partial charge in [0.05, 0.1) is 11.6 Å². The molecule has 0 saturated heterocycles. The minimum atomic E-state index is 0.580. The molecule has 2 rings (SSSR count). The van der Waals surface area contributed by atoms with Crippen LogP contribution in [0.25, 0.3) is 0 Å². The maximum Gasteiger partial charge on any atom is 0.137 e. The van der Waals surface area contributed by atoms with Gasteiger partial charge in [-0.05, 0) is 50.4 Å². The fraction of sp³-hybridized carbons (Fsp3) is 0.600. The molecule has 2 nitrogen and oxygen atoms in total. The van der Waals surface area contributed by atoms with E-state index in [1.54, 1.807) is 12.1 Å². The lowest BCUT2D eigenvalue weighted by Crippen LogP contribution is -2.27. The molecule has 1 aromatic carbocycles. The zero-order valence-electron chi connectivity index (χ0n) is 11.1. The van der Waals surface area contributed by atoms with E-state index in [2.05, 4.69) is 5.32 Å². The first-order valence-corrected chi connectivity index (χ1v) is 7.82. The number of hydrogen-bond donors (Lipinski definition) is 1. The molecule has 0 aliphatic heterocycles. The summed E-state index contributed by atoms with van der Waals surface area (Å²) in [5, 5.41) is 4.82. The maximum absolute atomic E-state index is 6.03. The van der Waals surface area contributed by atoms with E-state index in [-0.39, 0.29) is 0 Å². The van der Waals surface area contributed by atoms with Crippen molar-refractivity contribution in [1.82, 2.24) is 5.32 Å². The number of benzene rings is 1. The zero-order chi connectivity index (χ0) is 13.5. The minimum Gasteiger partial charge on any atom is -0.492 e. The highest BCUT2D eigenvalue weighted by atomic mass is 35.5. The Morgan fingerprint density at radius 3 is 2.68 bits per heavy atom. The Kier molecular flexibility index (Phi) is 6.29. The first-order chi connectivity index (χ1) is 9.25. The quantitative estimate of drug-likeness (QED) is 0.738. The fourth-order valence-electron chi connectivity index (χ4n) is 2.44. The van der Waals surface area contributed by atoms with E-state index in [0.717, 1.165) is 31.2 Å². The van der Waals surface area contributed by atoms with Crippen molar-refractivity contribution in [2.24, 2.45) is 0 Å². The van der Waals surface area contributed by atoms with Gasteiger partial charge in [0, 0.05) is 11.1 Å². The van der Waals surface area contributed by atoms with Crippen molar-refractivity contribution in [2.75, 3.05) is 13.2 Å². The topological polar surface area (TPSA) is 21.3 Å². The van der Waals surface area contributed by atoms with Crippen molar-refractivity contribution in [2.45, 2.75) is 44.6 Å². The van der Waals surface area contributed by atoms with Gasteiger partial charge in [-0.1, -0.05) is 36.0 Å². The highest BCUT2D eigenvalue weighted by molar-refractivity contribution is 6.35. The predicted molar refractivity (Wildman–Crippen MR) is 81.4 cm³/mol. The number of rotatable bonds is 7. The summed E-state index contributed by atoms with van der Waals surface area (Å²) in [6.07, 6.45) is 7.64. The molecule has 0 bridgehead atoms. The van der Waals surface area contributed by atoms with Gasteiger partial charge in [0.1, 0.15) is 5.75 Å². The van der Waals surface area contributed by atoms with E-state index in [4.69, 9.17) is 27.9 Å². The highest BCUT2D eigenvalue weighted by Gasteiger charge is 2.13. The molecule has 1 aromatic rings. The molecule has 0 spiro atoms. The molecule has 1 fully saturated rings. The molecule has 1 aliphatic rings. The van der Waals surface area contributed by atoms with Crippen molar-refractivity contribution >= 4 is 23.2 Å². The molecular formula is C15H21Cl2NO. The third-order valence-corrected chi connectivity index (χ3v) is 4.04. The van der Waals surface area contributed by atoms with Crippen molar-refractivity contribution in [3.8, 4) is 5.75 Å². The lowest BCUT2D eigenvalue weighted by Gasteiger charge is -2.12. The number of nitrogens with one attached hydrogen (secondary N) is 1. The van der Waals surface area contributed by atoms with Gasteiger partial charge in [0.25, 0.3) is 0 Å². The number of halogens is 2. The van der Waals surface area contributed by atoms with Crippen LogP contribution < -0.4 is 10.1 Å². The summed E-state index contributed by atoms with van der Waals surface area (Å²) in [5.41, 5.74) is 0. The van der Waals surface area contributed by atoms with Crippen LogP contribution in [-0.4, -0.2) is 19.2 Å². The Bertz CT molecular complexity index is 392. The van der Waals surface area contributed by atoms with E-state index < -0.39 is 0 Å². The summed E-state index contributed by atoms with van der Waals surface area (Å²) in [5.74, 6) is 0.717. The first kappa shape index (κ1) is 15.0.